The Kier molecular flexibility index (Phi) is 5.02. The van der Waals surface area contributed by atoms with Crippen molar-refractivity contribution >= 4 is 5.96 Å². The molecule has 0 aromatic heterocycles. The quantitative estimate of drug-likeness (QED) is 0.279. The van der Waals surface area contributed by atoms with Crippen molar-refractivity contribution in [1.29, 1.82) is 0 Å². The molecule has 1 fully saturated rings. The number of nitrogens with one attached hydrogen (secondary N) is 2. The lowest BCUT2D eigenvalue weighted by atomic mass is 9.80. The Morgan fingerprint density at radius 3 is 2.56 bits per heavy atom. The topological polar surface area (TPSA) is 71.7 Å². The molecule has 0 amide bonds. The summed E-state index contributed by atoms with van der Waals surface area (Å²) in [4.78, 5) is 4.42. The minimum absolute atomic E-state index is 0.0401. The SMILES string of the molecule is COC1(CN=C(NN)NCC(C)C)CCC1. The van der Waals surface area contributed by atoms with Crippen LogP contribution >= 0.6 is 0 Å². The van der Waals surface area contributed by atoms with Crippen molar-refractivity contribution in [2.75, 3.05) is 20.2 Å². The summed E-state index contributed by atoms with van der Waals surface area (Å²) in [7, 11) is 1.76. The molecule has 5 nitrogen and oxygen atoms in total. The number of ether oxygens (including phenoxy) is 1. The maximum atomic E-state index is 5.49. The fraction of sp³-hybridized carbons (Fsp3) is 0.909. The van der Waals surface area contributed by atoms with Crippen molar-refractivity contribution in [3.05, 3.63) is 0 Å². The minimum atomic E-state index is -0.0401. The number of nitrogens with two attached hydrogens (primary N) is 1. The highest BCUT2D eigenvalue weighted by molar-refractivity contribution is 5.79. The molecular formula is C11H24N4O. The number of nitrogens with zero attached hydrogens (tertiary/aromatic N) is 1. The smallest absolute Gasteiger partial charge is 0.205 e. The Morgan fingerprint density at radius 2 is 2.19 bits per heavy atom. The first kappa shape index (κ1) is 13.3. The predicted molar refractivity (Wildman–Crippen MR) is 66.1 cm³/mol. The van der Waals surface area contributed by atoms with Crippen LogP contribution < -0.4 is 16.6 Å². The van der Waals surface area contributed by atoms with E-state index in [4.69, 9.17) is 10.6 Å². The Morgan fingerprint density at radius 1 is 1.50 bits per heavy atom. The Bertz CT molecular complexity index is 231. The van der Waals surface area contributed by atoms with Crippen LogP contribution in [0.4, 0.5) is 0 Å². The average Bonchev–Trinajstić information content (AvgIpc) is 2.21. The molecule has 1 saturated carbocycles. The van der Waals surface area contributed by atoms with E-state index in [2.05, 4.69) is 29.6 Å². The monoisotopic (exact) mass is 228 g/mol. The van der Waals surface area contributed by atoms with Gasteiger partial charge >= 0.3 is 0 Å². The summed E-state index contributed by atoms with van der Waals surface area (Å²) in [6.07, 6.45) is 3.41. The van der Waals surface area contributed by atoms with Gasteiger partial charge in [-0.15, -0.1) is 0 Å². The highest BCUT2D eigenvalue weighted by Crippen LogP contribution is 2.35. The molecule has 4 N–H and O–H groups in total. The second kappa shape index (κ2) is 6.06. The zero-order valence-electron chi connectivity index (χ0n) is 10.5. The molecule has 0 heterocycles. The molecule has 0 radical (unpaired) electrons. The van der Waals surface area contributed by atoms with Crippen LogP contribution in [-0.2, 0) is 4.74 Å². The Hall–Kier alpha value is -0.810. The number of rotatable bonds is 5. The summed E-state index contributed by atoms with van der Waals surface area (Å²) in [5.41, 5.74) is 2.55. The number of guanidine groups is 1. The second-order valence-corrected chi connectivity index (χ2v) is 4.82. The van der Waals surface area contributed by atoms with Crippen LogP contribution in [0.15, 0.2) is 4.99 Å². The first-order valence-electron chi connectivity index (χ1n) is 5.92. The molecule has 0 atom stereocenters. The van der Waals surface area contributed by atoms with Gasteiger partial charge in [-0.1, -0.05) is 13.8 Å². The second-order valence-electron chi connectivity index (χ2n) is 4.82. The molecule has 0 aromatic carbocycles. The van der Waals surface area contributed by atoms with E-state index in [0.29, 0.717) is 18.4 Å². The van der Waals surface area contributed by atoms with Gasteiger partial charge in [0.25, 0.3) is 0 Å². The highest BCUT2D eigenvalue weighted by Gasteiger charge is 2.36. The van der Waals surface area contributed by atoms with Gasteiger partial charge in [-0.3, -0.25) is 5.43 Å². The number of hydrazine groups is 1. The highest BCUT2D eigenvalue weighted by atomic mass is 16.5. The lowest BCUT2D eigenvalue weighted by Crippen LogP contribution is -2.46. The van der Waals surface area contributed by atoms with Crippen molar-refractivity contribution in [3.8, 4) is 0 Å². The van der Waals surface area contributed by atoms with Crippen molar-refractivity contribution in [3.63, 3.8) is 0 Å². The van der Waals surface area contributed by atoms with Crippen LogP contribution in [0, 0.1) is 5.92 Å². The summed E-state index contributed by atoms with van der Waals surface area (Å²) in [6.45, 7) is 5.82. The van der Waals surface area contributed by atoms with Gasteiger partial charge in [0.2, 0.25) is 5.96 Å². The van der Waals surface area contributed by atoms with E-state index in [1.165, 1.54) is 6.42 Å². The molecule has 0 bridgehead atoms. The third kappa shape index (κ3) is 3.64. The van der Waals surface area contributed by atoms with Crippen LogP contribution in [0.2, 0.25) is 0 Å². The van der Waals surface area contributed by atoms with Crippen molar-refractivity contribution in [2.45, 2.75) is 38.7 Å². The molecule has 0 spiro atoms. The van der Waals surface area contributed by atoms with Gasteiger partial charge in [-0.25, -0.2) is 10.8 Å². The van der Waals surface area contributed by atoms with Gasteiger partial charge in [-0.05, 0) is 25.2 Å². The van der Waals surface area contributed by atoms with Gasteiger partial charge in [0.05, 0.1) is 12.1 Å². The van der Waals surface area contributed by atoms with Gasteiger partial charge in [0, 0.05) is 13.7 Å². The predicted octanol–water partition coefficient (Wildman–Crippen LogP) is 0.620. The summed E-state index contributed by atoms with van der Waals surface area (Å²) < 4.78 is 5.49. The molecule has 0 unspecified atom stereocenters. The molecule has 94 valence electrons. The molecule has 0 aromatic rings. The van der Waals surface area contributed by atoms with Gasteiger partial charge in [-0.2, -0.15) is 0 Å². The summed E-state index contributed by atoms with van der Waals surface area (Å²) in [5, 5.41) is 3.17. The Balaban J connectivity index is 2.39. The summed E-state index contributed by atoms with van der Waals surface area (Å²) in [5.74, 6) is 6.62. The van der Waals surface area contributed by atoms with E-state index in [0.717, 1.165) is 19.4 Å². The molecule has 1 rings (SSSR count). The van der Waals surface area contributed by atoms with Crippen LogP contribution in [0.5, 0.6) is 0 Å². The number of hydrogen-bond acceptors (Lipinski definition) is 3. The van der Waals surface area contributed by atoms with E-state index in [1.54, 1.807) is 7.11 Å². The third-order valence-electron chi connectivity index (χ3n) is 3.04. The number of hydrogen-bond donors (Lipinski definition) is 3. The molecule has 5 heteroatoms. The minimum Gasteiger partial charge on any atom is -0.376 e. The van der Waals surface area contributed by atoms with Crippen LogP contribution in [0.1, 0.15) is 33.1 Å². The summed E-state index contributed by atoms with van der Waals surface area (Å²) >= 11 is 0. The fourth-order valence-corrected chi connectivity index (χ4v) is 1.67. The molecule has 16 heavy (non-hydrogen) atoms. The first-order chi connectivity index (χ1) is 7.62. The van der Waals surface area contributed by atoms with Crippen molar-refractivity contribution < 1.29 is 4.74 Å². The zero-order valence-corrected chi connectivity index (χ0v) is 10.5. The van der Waals surface area contributed by atoms with E-state index < -0.39 is 0 Å². The van der Waals surface area contributed by atoms with Gasteiger partial charge < -0.3 is 10.1 Å². The maximum absolute atomic E-state index is 5.49. The lowest BCUT2D eigenvalue weighted by molar-refractivity contribution is -0.0630. The third-order valence-corrected chi connectivity index (χ3v) is 3.04. The van der Waals surface area contributed by atoms with Crippen LogP contribution in [0.25, 0.3) is 0 Å². The van der Waals surface area contributed by atoms with Gasteiger partial charge in [0.15, 0.2) is 0 Å². The standard InChI is InChI=1S/C11H24N4O/c1-9(2)7-13-10(15-12)14-8-11(16-3)5-4-6-11/h9H,4-8,12H2,1-3H3,(H2,13,14,15). The Labute approximate surface area is 97.8 Å². The van der Waals surface area contributed by atoms with Crippen molar-refractivity contribution in [2.24, 2.45) is 16.8 Å². The van der Waals surface area contributed by atoms with Crippen LogP contribution in [0.3, 0.4) is 0 Å². The number of methoxy groups -OCH3 is 1. The number of aliphatic imine (C=N–C) groups is 1. The molecule has 0 saturated heterocycles. The summed E-state index contributed by atoms with van der Waals surface area (Å²) in [6, 6.07) is 0. The lowest BCUT2D eigenvalue weighted by Gasteiger charge is -2.39. The molecule has 0 aliphatic heterocycles. The molecule has 1 aliphatic rings. The van der Waals surface area contributed by atoms with E-state index in [1.807, 2.05) is 0 Å². The van der Waals surface area contributed by atoms with Crippen molar-refractivity contribution in [1.82, 2.24) is 10.7 Å². The van der Waals surface area contributed by atoms with Gasteiger partial charge in [0.1, 0.15) is 0 Å². The normalized spacial score (nSPS) is 19.4. The maximum Gasteiger partial charge on any atom is 0.205 e. The fourth-order valence-electron chi connectivity index (χ4n) is 1.67. The molecule has 1 aliphatic carbocycles. The van der Waals surface area contributed by atoms with E-state index >= 15 is 0 Å². The van der Waals surface area contributed by atoms with E-state index in [9.17, 15) is 0 Å². The largest absolute Gasteiger partial charge is 0.376 e. The average molecular weight is 228 g/mol. The van der Waals surface area contributed by atoms with E-state index in [-0.39, 0.29) is 5.60 Å². The van der Waals surface area contributed by atoms with Crippen LogP contribution in [-0.4, -0.2) is 31.8 Å². The zero-order chi connectivity index (χ0) is 12.0. The molecular weight excluding hydrogens is 204 g/mol. The first-order valence-corrected chi connectivity index (χ1v) is 5.92.